The monoisotopic (exact) mass is 450 g/mol. The third-order valence-electron chi connectivity index (χ3n) is 6.19. The highest BCUT2D eigenvalue weighted by atomic mass is 16.7. The Morgan fingerprint density at radius 2 is 1.81 bits per heavy atom. The van der Waals surface area contributed by atoms with E-state index in [9.17, 15) is 30.3 Å². The summed E-state index contributed by atoms with van der Waals surface area (Å²) in [4.78, 5) is 12.7. The summed E-state index contributed by atoms with van der Waals surface area (Å²) in [5.74, 6) is -0.107. The average Bonchev–Trinajstić information content (AvgIpc) is 2.98. The second-order valence-corrected chi connectivity index (χ2v) is 8.62. The van der Waals surface area contributed by atoms with Gasteiger partial charge in [-0.3, -0.25) is 4.79 Å². The first-order chi connectivity index (χ1) is 15.0. The quantitative estimate of drug-likeness (QED) is 0.437. The summed E-state index contributed by atoms with van der Waals surface area (Å²) in [6.45, 7) is 5.05. The minimum atomic E-state index is -1.62. The molecule has 0 amide bonds. The molecule has 2 aromatic rings. The standard InChI is InChI=1S/C22H26O10/c1-9-22(2,3)16-12(25)7-14(31-20(16)29-9)10-4-5-13(11(24)6-10)30-21-19(28)18(27)17(26)15(8-23)32-21/h4-7,9,15,17-19,21,23-24,26-28H,8H2,1-3H3/t9?,15-,17-,18+,19-,21-/m1/s1. The second-order valence-electron chi connectivity index (χ2n) is 8.62. The Kier molecular flexibility index (Phi) is 5.68. The van der Waals surface area contributed by atoms with Crippen molar-refractivity contribution in [3.63, 3.8) is 0 Å². The summed E-state index contributed by atoms with van der Waals surface area (Å²) in [6.07, 6.45) is -7.59. The Morgan fingerprint density at radius 3 is 2.47 bits per heavy atom. The van der Waals surface area contributed by atoms with Gasteiger partial charge in [-0.15, -0.1) is 0 Å². The molecule has 32 heavy (non-hydrogen) atoms. The van der Waals surface area contributed by atoms with Crippen molar-refractivity contribution in [2.45, 2.75) is 63.0 Å². The van der Waals surface area contributed by atoms with E-state index in [2.05, 4.69) is 0 Å². The molecule has 1 fully saturated rings. The van der Waals surface area contributed by atoms with E-state index in [1.54, 1.807) is 0 Å². The fourth-order valence-electron chi connectivity index (χ4n) is 3.85. The number of ether oxygens (including phenoxy) is 3. The lowest BCUT2D eigenvalue weighted by Gasteiger charge is -2.39. The summed E-state index contributed by atoms with van der Waals surface area (Å²) in [5, 5.41) is 49.5. The van der Waals surface area contributed by atoms with E-state index in [0.29, 0.717) is 11.1 Å². The molecule has 174 valence electrons. The number of aliphatic hydroxyl groups excluding tert-OH is 4. The smallest absolute Gasteiger partial charge is 0.293 e. The van der Waals surface area contributed by atoms with Crippen LogP contribution in [0.15, 0.2) is 33.5 Å². The molecular weight excluding hydrogens is 424 g/mol. The molecule has 0 bridgehead atoms. The van der Waals surface area contributed by atoms with Crippen LogP contribution in [0.4, 0.5) is 0 Å². The van der Waals surface area contributed by atoms with Gasteiger partial charge in [-0.05, 0) is 25.1 Å². The highest BCUT2D eigenvalue weighted by molar-refractivity contribution is 5.63. The largest absolute Gasteiger partial charge is 0.504 e. The van der Waals surface area contributed by atoms with Gasteiger partial charge in [0.1, 0.15) is 36.3 Å². The molecule has 2 aliphatic rings. The zero-order chi connectivity index (χ0) is 23.4. The van der Waals surface area contributed by atoms with E-state index >= 15 is 0 Å². The fraction of sp³-hybridized carbons (Fsp3) is 0.500. The van der Waals surface area contributed by atoms with Gasteiger partial charge in [0, 0.05) is 17.0 Å². The van der Waals surface area contributed by atoms with Crippen LogP contribution in [0.3, 0.4) is 0 Å². The van der Waals surface area contributed by atoms with E-state index in [4.69, 9.17) is 18.6 Å². The van der Waals surface area contributed by atoms with Crippen molar-refractivity contribution in [3.05, 3.63) is 40.1 Å². The number of phenolic OH excluding ortho intramolecular Hbond substituents is 1. The van der Waals surface area contributed by atoms with Crippen molar-refractivity contribution in [1.82, 2.24) is 0 Å². The Morgan fingerprint density at radius 1 is 1.09 bits per heavy atom. The molecule has 1 saturated heterocycles. The number of phenols is 1. The SMILES string of the molecule is CC1Oc2oc(-c3ccc(O[C@@H]4O[C@H](CO)[C@@H](O)[C@H](O)[C@H]4O)c(O)c3)cc(=O)c2C1(C)C. The van der Waals surface area contributed by atoms with Gasteiger partial charge in [0.15, 0.2) is 16.9 Å². The summed E-state index contributed by atoms with van der Waals surface area (Å²) in [5.41, 5.74) is 0.0986. The van der Waals surface area contributed by atoms with Gasteiger partial charge < -0.3 is 44.2 Å². The van der Waals surface area contributed by atoms with Crippen molar-refractivity contribution >= 4 is 0 Å². The summed E-state index contributed by atoms with van der Waals surface area (Å²) >= 11 is 0. The topological polar surface area (TPSA) is 159 Å². The van der Waals surface area contributed by atoms with Crippen LogP contribution < -0.4 is 14.9 Å². The predicted octanol–water partition coefficient (Wildman–Crippen LogP) is 0.250. The van der Waals surface area contributed by atoms with Gasteiger partial charge >= 0.3 is 0 Å². The van der Waals surface area contributed by atoms with E-state index in [-0.39, 0.29) is 34.7 Å². The lowest BCUT2D eigenvalue weighted by atomic mass is 9.82. The van der Waals surface area contributed by atoms with E-state index in [1.807, 2.05) is 20.8 Å². The minimum Gasteiger partial charge on any atom is -0.504 e. The van der Waals surface area contributed by atoms with E-state index in [0.717, 1.165) is 0 Å². The Bertz CT molecular complexity index is 1060. The number of hydrogen-bond donors (Lipinski definition) is 5. The second kappa shape index (κ2) is 8.05. The third-order valence-corrected chi connectivity index (χ3v) is 6.19. The molecule has 5 N–H and O–H groups in total. The maximum Gasteiger partial charge on any atom is 0.293 e. The first-order valence-electron chi connectivity index (χ1n) is 10.2. The molecule has 1 unspecified atom stereocenters. The Labute approximate surface area is 183 Å². The van der Waals surface area contributed by atoms with Crippen molar-refractivity contribution in [1.29, 1.82) is 0 Å². The highest BCUT2D eigenvalue weighted by Crippen LogP contribution is 2.42. The predicted molar refractivity (Wildman–Crippen MR) is 110 cm³/mol. The molecule has 4 rings (SSSR count). The first kappa shape index (κ1) is 22.6. The molecule has 1 aromatic carbocycles. The average molecular weight is 450 g/mol. The molecular formula is C22H26O10. The molecule has 10 heteroatoms. The van der Waals surface area contributed by atoms with Crippen molar-refractivity contribution in [3.8, 4) is 28.8 Å². The van der Waals surface area contributed by atoms with Crippen LogP contribution >= 0.6 is 0 Å². The molecule has 2 aliphatic heterocycles. The van der Waals surface area contributed by atoms with Crippen LogP contribution in [0.1, 0.15) is 26.3 Å². The molecule has 0 radical (unpaired) electrons. The van der Waals surface area contributed by atoms with Gasteiger partial charge in [0.05, 0.1) is 12.2 Å². The lowest BCUT2D eigenvalue weighted by molar-refractivity contribution is -0.277. The molecule has 0 aliphatic carbocycles. The number of aromatic hydroxyl groups is 1. The first-order valence-corrected chi connectivity index (χ1v) is 10.2. The molecule has 6 atom stereocenters. The van der Waals surface area contributed by atoms with Gasteiger partial charge in [-0.2, -0.15) is 0 Å². The zero-order valence-electron chi connectivity index (χ0n) is 17.8. The number of rotatable bonds is 4. The lowest BCUT2D eigenvalue weighted by Crippen LogP contribution is -2.60. The van der Waals surface area contributed by atoms with E-state index in [1.165, 1.54) is 24.3 Å². The highest BCUT2D eigenvalue weighted by Gasteiger charge is 2.45. The maximum absolute atomic E-state index is 12.7. The molecule has 0 spiro atoms. The fourth-order valence-corrected chi connectivity index (χ4v) is 3.85. The number of fused-ring (bicyclic) bond motifs is 1. The van der Waals surface area contributed by atoms with E-state index < -0.39 is 42.7 Å². The summed E-state index contributed by atoms with van der Waals surface area (Å²) in [6, 6.07) is 5.52. The van der Waals surface area contributed by atoms with Crippen LogP contribution in [0.2, 0.25) is 0 Å². The van der Waals surface area contributed by atoms with Gasteiger partial charge in [-0.1, -0.05) is 13.8 Å². The minimum absolute atomic E-state index is 0.0902. The number of aliphatic hydroxyl groups is 4. The van der Waals surface area contributed by atoms with Gasteiger partial charge in [-0.25, -0.2) is 0 Å². The van der Waals surface area contributed by atoms with Crippen molar-refractivity contribution in [2.24, 2.45) is 0 Å². The van der Waals surface area contributed by atoms with Crippen molar-refractivity contribution in [2.75, 3.05) is 6.61 Å². The zero-order valence-corrected chi connectivity index (χ0v) is 17.8. The molecule has 0 saturated carbocycles. The van der Waals surface area contributed by atoms with Crippen LogP contribution in [-0.2, 0) is 10.2 Å². The van der Waals surface area contributed by atoms with Gasteiger partial charge in [0.25, 0.3) is 5.95 Å². The van der Waals surface area contributed by atoms with Crippen molar-refractivity contribution < 1.29 is 44.2 Å². The molecule has 1 aromatic heterocycles. The normalized spacial score (nSPS) is 31.1. The summed E-state index contributed by atoms with van der Waals surface area (Å²) < 4.78 is 22.2. The molecule has 3 heterocycles. The maximum atomic E-state index is 12.7. The van der Waals surface area contributed by atoms with Crippen LogP contribution in [0.25, 0.3) is 11.3 Å². The van der Waals surface area contributed by atoms with Gasteiger partial charge in [0.2, 0.25) is 6.29 Å². The summed E-state index contributed by atoms with van der Waals surface area (Å²) in [7, 11) is 0. The molecule has 10 nitrogen and oxygen atoms in total. The number of hydrogen-bond acceptors (Lipinski definition) is 10. The van der Waals surface area contributed by atoms with Crippen LogP contribution in [0, 0.1) is 0 Å². The van der Waals surface area contributed by atoms with Crippen LogP contribution in [0.5, 0.6) is 17.4 Å². The Hall–Kier alpha value is -2.63. The number of benzene rings is 1. The Balaban J connectivity index is 1.59. The third kappa shape index (κ3) is 3.63. The van der Waals surface area contributed by atoms with Crippen LogP contribution in [-0.4, -0.2) is 68.9 Å².